The molecule has 2 rings (SSSR count). The number of halogens is 3. The molecule has 1 aromatic heterocycles. The fourth-order valence-corrected chi connectivity index (χ4v) is 1.95. The van der Waals surface area contributed by atoms with Gasteiger partial charge in [-0.05, 0) is 37.3 Å². The Morgan fingerprint density at radius 2 is 2.00 bits per heavy atom. The lowest BCUT2D eigenvalue weighted by Crippen LogP contribution is -2.13. The molecule has 1 aromatic carbocycles. The Kier molecular flexibility index (Phi) is 4.02. The number of amides is 1. The van der Waals surface area contributed by atoms with E-state index >= 15 is 0 Å². The van der Waals surface area contributed by atoms with E-state index in [0.29, 0.717) is 11.3 Å². The normalized spacial score (nSPS) is 10.3. The number of rotatable bonds is 2. The Morgan fingerprint density at radius 3 is 2.63 bits per heavy atom. The van der Waals surface area contributed by atoms with E-state index in [4.69, 9.17) is 23.2 Å². The van der Waals surface area contributed by atoms with Crippen LogP contribution in [0.25, 0.3) is 0 Å². The first-order chi connectivity index (χ1) is 8.95. The number of carbonyl (C=O) groups is 1. The number of anilines is 1. The van der Waals surface area contributed by atoms with Crippen LogP contribution in [0.2, 0.25) is 10.2 Å². The Balaban J connectivity index is 2.25. The number of nitrogens with zero attached hydrogens (tertiary/aromatic N) is 1. The Labute approximate surface area is 119 Å². The van der Waals surface area contributed by atoms with Gasteiger partial charge in [0, 0.05) is 16.3 Å². The Hall–Kier alpha value is -1.65. The summed E-state index contributed by atoms with van der Waals surface area (Å²) in [7, 11) is 0. The van der Waals surface area contributed by atoms with Gasteiger partial charge in [0.25, 0.3) is 5.91 Å². The van der Waals surface area contributed by atoms with Gasteiger partial charge in [0.05, 0.1) is 5.69 Å². The third-order valence-corrected chi connectivity index (χ3v) is 2.79. The molecule has 0 aliphatic rings. The molecule has 0 saturated carbocycles. The summed E-state index contributed by atoms with van der Waals surface area (Å²) in [6, 6.07) is 6.99. The van der Waals surface area contributed by atoms with Gasteiger partial charge in [-0.25, -0.2) is 9.37 Å². The second kappa shape index (κ2) is 5.55. The summed E-state index contributed by atoms with van der Waals surface area (Å²) in [5.41, 5.74) is 0.973. The summed E-state index contributed by atoms with van der Waals surface area (Å²) < 4.78 is 13.5. The molecule has 19 heavy (non-hydrogen) atoms. The molecular weight excluding hydrogens is 290 g/mol. The van der Waals surface area contributed by atoms with E-state index < -0.39 is 11.7 Å². The number of hydrogen-bond donors (Lipinski definition) is 1. The first kappa shape index (κ1) is 13.8. The van der Waals surface area contributed by atoms with Crippen molar-refractivity contribution in [2.75, 3.05) is 5.32 Å². The monoisotopic (exact) mass is 298 g/mol. The molecule has 6 heteroatoms. The van der Waals surface area contributed by atoms with Gasteiger partial charge in [-0.1, -0.05) is 23.2 Å². The maximum absolute atomic E-state index is 13.5. The summed E-state index contributed by atoms with van der Waals surface area (Å²) >= 11 is 11.4. The van der Waals surface area contributed by atoms with Crippen molar-refractivity contribution >= 4 is 34.8 Å². The average Bonchev–Trinajstić information content (AvgIpc) is 2.31. The van der Waals surface area contributed by atoms with E-state index in [1.54, 1.807) is 13.0 Å². The van der Waals surface area contributed by atoms with Crippen LogP contribution in [0.3, 0.4) is 0 Å². The molecule has 1 heterocycles. The topological polar surface area (TPSA) is 42.0 Å². The maximum Gasteiger partial charge on any atom is 0.255 e. The van der Waals surface area contributed by atoms with Crippen LogP contribution in [0, 0.1) is 12.7 Å². The lowest BCUT2D eigenvalue weighted by molar-refractivity contribution is 0.102. The first-order valence-corrected chi connectivity index (χ1v) is 6.12. The highest BCUT2D eigenvalue weighted by atomic mass is 35.5. The zero-order chi connectivity index (χ0) is 14.0. The summed E-state index contributed by atoms with van der Waals surface area (Å²) in [4.78, 5) is 15.9. The number of carbonyl (C=O) groups excluding carboxylic acids is 1. The first-order valence-electron chi connectivity index (χ1n) is 5.36. The standard InChI is InChI=1S/C13H9Cl2FN2O/c1-7-4-8(5-12(15)17-7)13(19)18-11-3-2-9(14)6-10(11)16/h2-6H,1H3,(H,18,19). The van der Waals surface area contributed by atoms with Crippen molar-refractivity contribution in [2.24, 2.45) is 0 Å². The van der Waals surface area contributed by atoms with E-state index in [0.717, 1.165) is 6.07 Å². The molecule has 0 radical (unpaired) electrons. The zero-order valence-electron chi connectivity index (χ0n) is 9.88. The van der Waals surface area contributed by atoms with Crippen LogP contribution < -0.4 is 5.32 Å². The number of aryl methyl sites for hydroxylation is 1. The number of hydrogen-bond acceptors (Lipinski definition) is 2. The van der Waals surface area contributed by atoms with E-state index in [-0.39, 0.29) is 15.9 Å². The van der Waals surface area contributed by atoms with Crippen LogP contribution in [0.15, 0.2) is 30.3 Å². The van der Waals surface area contributed by atoms with Crippen LogP contribution in [0.5, 0.6) is 0 Å². The number of nitrogens with one attached hydrogen (secondary N) is 1. The fourth-order valence-electron chi connectivity index (χ4n) is 1.54. The number of pyridine rings is 1. The second-order valence-corrected chi connectivity index (χ2v) is 4.72. The van der Waals surface area contributed by atoms with E-state index in [1.165, 1.54) is 18.2 Å². The summed E-state index contributed by atoms with van der Waals surface area (Å²) in [5, 5.41) is 2.92. The van der Waals surface area contributed by atoms with Gasteiger partial charge in [-0.15, -0.1) is 0 Å². The predicted octanol–water partition coefficient (Wildman–Crippen LogP) is 4.09. The van der Waals surface area contributed by atoms with Crippen LogP contribution in [-0.2, 0) is 0 Å². The molecular formula is C13H9Cl2FN2O. The molecule has 3 nitrogen and oxygen atoms in total. The number of aromatic nitrogens is 1. The highest BCUT2D eigenvalue weighted by Gasteiger charge is 2.11. The lowest BCUT2D eigenvalue weighted by atomic mass is 10.2. The quantitative estimate of drug-likeness (QED) is 0.849. The fraction of sp³-hybridized carbons (Fsp3) is 0.0769. The van der Waals surface area contributed by atoms with Crippen LogP contribution in [0.1, 0.15) is 16.1 Å². The lowest BCUT2D eigenvalue weighted by Gasteiger charge is -2.07. The largest absolute Gasteiger partial charge is 0.319 e. The second-order valence-electron chi connectivity index (χ2n) is 3.90. The molecule has 0 bridgehead atoms. The van der Waals surface area contributed by atoms with Gasteiger partial charge in [0.2, 0.25) is 0 Å². The zero-order valence-corrected chi connectivity index (χ0v) is 11.4. The molecule has 0 aliphatic heterocycles. The van der Waals surface area contributed by atoms with E-state index in [1.807, 2.05) is 0 Å². The van der Waals surface area contributed by atoms with Crippen molar-refractivity contribution < 1.29 is 9.18 Å². The highest BCUT2D eigenvalue weighted by molar-refractivity contribution is 6.30. The van der Waals surface area contributed by atoms with Crippen LogP contribution in [0.4, 0.5) is 10.1 Å². The van der Waals surface area contributed by atoms with Gasteiger partial charge in [0.15, 0.2) is 0 Å². The molecule has 0 spiro atoms. The van der Waals surface area contributed by atoms with Gasteiger partial charge >= 0.3 is 0 Å². The maximum atomic E-state index is 13.5. The molecule has 0 atom stereocenters. The molecule has 1 N–H and O–H groups in total. The Bertz CT molecular complexity index is 626. The van der Waals surface area contributed by atoms with Crippen molar-refractivity contribution in [1.82, 2.24) is 4.98 Å². The molecule has 0 fully saturated rings. The molecule has 2 aromatic rings. The minimum absolute atomic E-state index is 0.0555. The molecule has 0 aliphatic carbocycles. The van der Waals surface area contributed by atoms with E-state index in [2.05, 4.69) is 10.3 Å². The van der Waals surface area contributed by atoms with Crippen molar-refractivity contribution in [1.29, 1.82) is 0 Å². The summed E-state index contributed by atoms with van der Waals surface area (Å²) in [6.07, 6.45) is 0. The van der Waals surface area contributed by atoms with Crippen molar-refractivity contribution in [3.63, 3.8) is 0 Å². The molecule has 98 valence electrons. The third-order valence-electron chi connectivity index (χ3n) is 2.36. The SMILES string of the molecule is Cc1cc(C(=O)Nc2ccc(Cl)cc2F)cc(Cl)n1. The smallest absolute Gasteiger partial charge is 0.255 e. The van der Waals surface area contributed by atoms with Crippen molar-refractivity contribution in [2.45, 2.75) is 6.92 Å². The summed E-state index contributed by atoms with van der Waals surface area (Å²) in [5.74, 6) is -1.06. The van der Waals surface area contributed by atoms with Crippen molar-refractivity contribution in [3.05, 3.63) is 57.6 Å². The Morgan fingerprint density at radius 1 is 1.26 bits per heavy atom. The number of benzene rings is 1. The predicted molar refractivity (Wildman–Crippen MR) is 73.3 cm³/mol. The third kappa shape index (κ3) is 3.43. The van der Waals surface area contributed by atoms with Crippen molar-refractivity contribution in [3.8, 4) is 0 Å². The molecule has 0 saturated heterocycles. The van der Waals surface area contributed by atoms with Gasteiger partial charge in [-0.2, -0.15) is 0 Å². The molecule has 0 unspecified atom stereocenters. The average molecular weight is 299 g/mol. The minimum atomic E-state index is -0.599. The highest BCUT2D eigenvalue weighted by Crippen LogP contribution is 2.20. The van der Waals surface area contributed by atoms with Gasteiger partial charge in [0.1, 0.15) is 11.0 Å². The van der Waals surface area contributed by atoms with Crippen LogP contribution >= 0.6 is 23.2 Å². The van der Waals surface area contributed by atoms with E-state index in [9.17, 15) is 9.18 Å². The minimum Gasteiger partial charge on any atom is -0.319 e. The van der Waals surface area contributed by atoms with Gasteiger partial charge < -0.3 is 5.32 Å². The van der Waals surface area contributed by atoms with Crippen LogP contribution in [-0.4, -0.2) is 10.9 Å². The summed E-state index contributed by atoms with van der Waals surface area (Å²) in [6.45, 7) is 1.71. The molecule has 1 amide bonds. The van der Waals surface area contributed by atoms with Gasteiger partial charge in [-0.3, -0.25) is 4.79 Å².